The van der Waals surface area contributed by atoms with Crippen molar-refractivity contribution >= 4 is 34.9 Å². The zero-order valence-electron chi connectivity index (χ0n) is 10.5. The van der Waals surface area contributed by atoms with Crippen molar-refractivity contribution in [3.63, 3.8) is 0 Å². The van der Waals surface area contributed by atoms with Crippen LogP contribution >= 0.6 is 34.9 Å². The summed E-state index contributed by atoms with van der Waals surface area (Å²) >= 11 is 6.18. The summed E-state index contributed by atoms with van der Waals surface area (Å²) in [5.41, 5.74) is 0. The van der Waals surface area contributed by atoms with E-state index in [-0.39, 0.29) is 0 Å². The third-order valence-corrected chi connectivity index (χ3v) is 7.25. The quantitative estimate of drug-likeness (QED) is 0.890. The molecule has 1 nitrogen and oxygen atoms in total. The molecule has 0 spiro atoms. The van der Waals surface area contributed by atoms with E-state index in [9.17, 15) is 0 Å². The Kier molecular flexibility index (Phi) is 5.74. The molecule has 1 aromatic rings. The number of thiophene rings is 1. The average molecular weight is 288 g/mol. The normalized spacial score (nSPS) is 26.9. The second-order valence-corrected chi connectivity index (χ2v) is 8.16. The lowest BCUT2D eigenvalue weighted by molar-refractivity contribution is 0.503. The SMILES string of the molecule is CCNC(Cc1cccs1)C1SCCSC1C. The summed E-state index contributed by atoms with van der Waals surface area (Å²) in [6.45, 7) is 5.68. The van der Waals surface area contributed by atoms with Crippen molar-refractivity contribution in [2.24, 2.45) is 0 Å². The molecule has 1 aromatic heterocycles. The van der Waals surface area contributed by atoms with E-state index in [1.54, 1.807) is 0 Å². The lowest BCUT2D eigenvalue weighted by Gasteiger charge is -2.34. The van der Waals surface area contributed by atoms with Gasteiger partial charge in [0.05, 0.1) is 0 Å². The van der Waals surface area contributed by atoms with Gasteiger partial charge in [-0.25, -0.2) is 0 Å². The molecule has 1 saturated heterocycles. The van der Waals surface area contributed by atoms with Crippen molar-refractivity contribution in [1.29, 1.82) is 0 Å². The van der Waals surface area contributed by atoms with Crippen LogP contribution in [0.5, 0.6) is 0 Å². The predicted molar refractivity (Wildman–Crippen MR) is 83.7 cm³/mol. The summed E-state index contributed by atoms with van der Waals surface area (Å²) in [5.74, 6) is 2.63. The van der Waals surface area contributed by atoms with Gasteiger partial charge in [0.25, 0.3) is 0 Å². The second-order valence-electron chi connectivity index (χ2n) is 4.36. The maximum Gasteiger partial charge on any atom is 0.0321 e. The van der Waals surface area contributed by atoms with E-state index in [1.165, 1.54) is 22.8 Å². The highest BCUT2D eigenvalue weighted by atomic mass is 32.2. The molecule has 1 aliphatic heterocycles. The molecular formula is C13H21NS3. The number of likely N-dealkylation sites (N-methyl/N-ethyl adjacent to an activating group) is 1. The molecule has 0 bridgehead atoms. The Balaban J connectivity index is 1.99. The van der Waals surface area contributed by atoms with E-state index in [0.717, 1.165) is 17.0 Å². The van der Waals surface area contributed by atoms with E-state index in [4.69, 9.17) is 0 Å². The maximum atomic E-state index is 3.69. The number of nitrogens with one attached hydrogen (secondary N) is 1. The van der Waals surface area contributed by atoms with Crippen LogP contribution in [0.2, 0.25) is 0 Å². The minimum absolute atomic E-state index is 0.631. The van der Waals surface area contributed by atoms with Crippen LogP contribution in [0.4, 0.5) is 0 Å². The first-order valence-corrected chi connectivity index (χ1v) is 9.28. The molecule has 0 saturated carbocycles. The zero-order chi connectivity index (χ0) is 12.1. The van der Waals surface area contributed by atoms with Crippen LogP contribution in [0.15, 0.2) is 17.5 Å². The first-order chi connectivity index (χ1) is 8.31. The Morgan fingerprint density at radius 3 is 2.88 bits per heavy atom. The zero-order valence-corrected chi connectivity index (χ0v) is 13.0. The molecule has 17 heavy (non-hydrogen) atoms. The highest BCUT2D eigenvalue weighted by Gasteiger charge is 2.30. The summed E-state index contributed by atoms with van der Waals surface area (Å²) < 4.78 is 0. The minimum atomic E-state index is 0.631. The van der Waals surface area contributed by atoms with E-state index < -0.39 is 0 Å². The molecule has 96 valence electrons. The first-order valence-electron chi connectivity index (χ1n) is 6.30. The van der Waals surface area contributed by atoms with E-state index in [1.807, 2.05) is 11.3 Å². The summed E-state index contributed by atoms with van der Waals surface area (Å²) in [7, 11) is 0. The van der Waals surface area contributed by atoms with Crippen LogP contribution in [0, 0.1) is 0 Å². The molecule has 1 fully saturated rings. The van der Waals surface area contributed by atoms with Crippen LogP contribution in [0.1, 0.15) is 18.7 Å². The van der Waals surface area contributed by atoms with Crippen molar-refractivity contribution in [3.05, 3.63) is 22.4 Å². The Hall–Kier alpha value is 0.360. The lowest BCUT2D eigenvalue weighted by atomic mass is 10.1. The molecule has 3 unspecified atom stereocenters. The van der Waals surface area contributed by atoms with Crippen molar-refractivity contribution in [2.45, 2.75) is 36.8 Å². The van der Waals surface area contributed by atoms with Crippen LogP contribution in [-0.2, 0) is 6.42 Å². The Bertz CT molecular complexity index is 312. The van der Waals surface area contributed by atoms with Crippen molar-refractivity contribution in [1.82, 2.24) is 5.32 Å². The van der Waals surface area contributed by atoms with Crippen LogP contribution in [0.25, 0.3) is 0 Å². The van der Waals surface area contributed by atoms with Gasteiger partial charge in [-0.2, -0.15) is 23.5 Å². The maximum absolute atomic E-state index is 3.69. The van der Waals surface area contributed by atoms with Crippen LogP contribution in [0.3, 0.4) is 0 Å². The highest BCUT2D eigenvalue weighted by Crippen LogP contribution is 2.34. The molecule has 0 aliphatic carbocycles. The Labute approximate surface area is 117 Å². The van der Waals surface area contributed by atoms with Gasteiger partial charge in [0.2, 0.25) is 0 Å². The molecule has 0 aromatic carbocycles. The smallest absolute Gasteiger partial charge is 0.0321 e. The summed E-state index contributed by atoms with van der Waals surface area (Å²) in [5, 5.41) is 7.41. The van der Waals surface area contributed by atoms with Crippen molar-refractivity contribution < 1.29 is 0 Å². The number of hydrogen-bond donors (Lipinski definition) is 1. The number of thioether (sulfide) groups is 2. The topological polar surface area (TPSA) is 12.0 Å². The first kappa shape index (κ1) is 13.8. The predicted octanol–water partition coefficient (Wildman–Crippen LogP) is 3.51. The Morgan fingerprint density at radius 2 is 2.24 bits per heavy atom. The fourth-order valence-corrected chi connectivity index (χ4v) is 6.03. The highest BCUT2D eigenvalue weighted by molar-refractivity contribution is 8.07. The van der Waals surface area contributed by atoms with E-state index >= 15 is 0 Å². The fourth-order valence-electron chi connectivity index (χ4n) is 2.30. The second kappa shape index (κ2) is 7.07. The molecular weight excluding hydrogens is 266 g/mol. The van der Waals surface area contributed by atoms with Gasteiger partial charge in [-0.3, -0.25) is 0 Å². The fraction of sp³-hybridized carbons (Fsp3) is 0.692. The van der Waals surface area contributed by atoms with Gasteiger partial charge in [0.15, 0.2) is 0 Å². The van der Waals surface area contributed by atoms with E-state index in [2.05, 4.69) is 60.2 Å². The Morgan fingerprint density at radius 1 is 1.41 bits per heavy atom. The molecule has 1 N–H and O–H groups in total. The van der Waals surface area contributed by atoms with Gasteiger partial charge in [-0.15, -0.1) is 11.3 Å². The third-order valence-electron chi connectivity index (χ3n) is 3.10. The number of rotatable bonds is 5. The molecule has 2 heterocycles. The van der Waals surface area contributed by atoms with Crippen LogP contribution in [-0.4, -0.2) is 34.6 Å². The van der Waals surface area contributed by atoms with Gasteiger partial charge >= 0.3 is 0 Å². The summed E-state index contributed by atoms with van der Waals surface area (Å²) in [6, 6.07) is 5.06. The van der Waals surface area contributed by atoms with Crippen molar-refractivity contribution in [2.75, 3.05) is 18.1 Å². The molecule has 0 amide bonds. The molecule has 4 heteroatoms. The largest absolute Gasteiger partial charge is 0.313 e. The molecule has 3 atom stereocenters. The van der Waals surface area contributed by atoms with Gasteiger partial charge in [-0.05, 0) is 24.4 Å². The molecule has 2 rings (SSSR count). The van der Waals surface area contributed by atoms with Gasteiger partial charge in [-0.1, -0.05) is 19.9 Å². The minimum Gasteiger partial charge on any atom is -0.313 e. The van der Waals surface area contributed by atoms with Crippen LogP contribution < -0.4 is 5.32 Å². The lowest BCUT2D eigenvalue weighted by Crippen LogP contribution is -2.45. The summed E-state index contributed by atoms with van der Waals surface area (Å²) in [4.78, 5) is 1.51. The third kappa shape index (κ3) is 3.91. The number of hydrogen-bond acceptors (Lipinski definition) is 4. The molecule has 0 radical (unpaired) electrons. The summed E-state index contributed by atoms with van der Waals surface area (Å²) in [6.07, 6.45) is 1.19. The van der Waals surface area contributed by atoms with Gasteiger partial charge in [0.1, 0.15) is 0 Å². The van der Waals surface area contributed by atoms with Gasteiger partial charge in [0, 0.05) is 32.9 Å². The van der Waals surface area contributed by atoms with Gasteiger partial charge < -0.3 is 5.32 Å². The molecule has 1 aliphatic rings. The average Bonchev–Trinajstić information content (AvgIpc) is 2.82. The standard InChI is InChI=1S/C13H21NS3/c1-3-14-12(9-11-5-4-6-16-11)13-10(2)15-7-8-17-13/h4-6,10,12-14H,3,7-9H2,1-2H3. The van der Waals surface area contributed by atoms with Crippen molar-refractivity contribution in [3.8, 4) is 0 Å². The monoisotopic (exact) mass is 287 g/mol. The van der Waals surface area contributed by atoms with E-state index in [0.29, 0.717) is 6.04 Å².